The fourth-order valence-corrected chi connectivity index (χ4v) is 6.37. The minimum Gasteiger partial charge on any atom is -0.482 e. The SMILES string of the molecule is CCCCC[C@@H](CC[C@@H]1[C@H]2Cc3cccc(OCC(=O)OCc4ccccc4)c3C[C@H]2C[C@H]1O)OC(=O)N(C)C. The molecule has 0 unspecified atom stereocenters. The van der Waals surface area contributed by atoms with Crippen LogP contribution in [0.1, 0.15) is 68.6 Å². The largest absolute Gasteiger partial charge is 0.482 e. The van der Waals surface area contributed by atoms with E-state index in [-0.39, 0.29) is 37.4 Å². The molecule has 4 rings (SSSR count). The highest BCUT2D eigenvalue weighted by Crippen LogP contribution is 2.48. The molecule has 40 heavy (non-hydrogen) atoms. The number of amides is 1. The number of carbonyl (C=O) groups is 2. The van der Waals surface area contributed by atoms with E-state index in [0.29, 0.717) is 11.8 Å². The average Bonchev–Trinajstić information content (AvgIpc) is 3.26. The van der Waals surface area contributed by atoms with Crippen molar-refractivity contribution in [2.45, 2.75) is 83.5 Å². The zero-order chi connectivity index (χ0) is 28.5. The fraction of sp³-hybridized carbons (Fsp3) is 0.576. The Balaban J connectivity index is 1.34. The van der Waals surface area contributed by atoms with Crippen molar-refractivity contribution in [3.8, 4) is 5.75 Å². The summed E-state index contributed by atoms with van der Waals surface area (Å²) >= 11 is 0. The fourth-order valence-electron chi connectivity index (χ4n) is 6.37. The first-order valence-electron chi connectivity index (χ1n) is 14.8. The van der Waals surface area contributed by atoms with Crippen LogP contribution in [0, 0.1) is 17.8 Å². The number of unbranched alkanes of at least 4 members (excludes halogenated alkanes) is 2. The van der Waals surface area contributed by atoms with Gasteiger partial charge in [0.15, 0.2) is 6.61 Å². The molecule has 0 saturated heterocycles. The maximum atomic E-state index is 12.3. The molecule has 0 heterocycles. The highest BCUT2D eigenvalue weighted by molar-refractivity contribution is 5.71. The van der Waals surface area contributed by atoms with E-state index < -0.39 is 5.97 Å². The molecule has 2 aromatic rings. The molecule has 1 fully saturated rings. The number of hydrogen-bond acceptors (Lipinski definition) is 6. The van der Waals surface area contributed by atoms with Gasteiger partial charge in [-0.1, -0.05) is 62.2 Å². The molecular formula is C33H45NO6. The third kappa shape index (κ3) is 8.00. The Hall–Kier alpha value is -3.06. The Labute approximate surface area is 238 Å². The number of hydrogen-bond donors (Lipinski definition) is 1. The maximum absolute atomic E-state index is 12.3. The minimum atomic E-state index is -0.394. The van der Waals surface area contributed by atoms with Crippen molar-refractivity contribution in [2.75, 3.05) is 20.7 Å². The summed E-state index contributed by atoms with van der Waals surface area (Å²) in [6.45, 7) is 2.27. The second-order valence-corrected chi connectivity index (χ2v) is 11.6. The number of fused-ring (bicyclic) bond motifs is 2. The van der Waals surface area contributed by atoms with Crippen molar-refractivity contribution in [3.05, 3.63) is 65.2 Å². The average molecular weight is 552 g/mol. The second kappa shape index (κ2) is 14.5. The highest BCUT2D eigenvalue weighted by Gasteiger charge is 2.45. The van der Waals surface area contributed by atoms with E-state index >= 15 is 0 Å². The maximum Gasteiger partial charge on any atom is 0.409 e. The lowest BCUT2D eigenvalue weighted by atomic mass is 9.73. The van der Waals surface area contributed by atoms with Crippen molar-refractivity contribution in [1.82, 2.24) is 4.90 Å². The Morgan fingerprint density at radius 2 is 1.82 bits per heavy atom. The molecule has 1 saturated carbocycles. The summed E-state index contributed by atoms with van der Waals surface area (Å²) in [5.41, 5.74) is 3.32. The smallest absolute Gasteiger partial charge is 0.409 e. The van der Waals surface area contributed by atoms with Gasteiger partial charge in [-0.25, -0.2) is 9.59 Å². The van der Waals surface area contributed by atoms with Crippen LogP contribution >= 0.6 is 0 Å². The van der Waals surface area contributed by atoms with Crippen molar-refractivity contribution in [3.63, 3.8) is 0 Å². The molecular weight excluding hydrogens is 506 g/mol. The summed E-state index contributed by atoms with van der Waals surface area (Å²) < 4.78 is 17.1. The Bertz CT molecular complexity index is 1100. The number of ether oxygens (including phenoxy) is 3. The first-order valence-corrected chi connectivity index (χ1v) is 14.8. The molecule has 2 aliphatic rings. The van der Waals surface area contributed by atoms with E-state index in [0.717, 1.165) is 74.7 Å². The lowest BCUT2D eigenvalue weighted by Crippen LogP contribution is -2.31. The van der Waals surface area contributed by atoms with Crippen molar-refractivity contribution >= 4 is 12.1 Å². The Morgan fingerprint density at radius 1 is 1.02 bits per heavy atom. The number of aliphatic hydroxyl groups excluding tert-OH is 1. The standard InChI is InChI=1S/C33H45NO6/c1-4-5-7-14-26(40-33(37)34(2)3)16-17-27-28-18-24-13-10-15-31(29(24)19-25(28)20-30(27)35)38-22-32(36)39-21-23-11-8-6-9-12-23/h6,8-13,15,25-28,30,35H,4-5,7,14,16-22H2,1-3H3/t25-,26-,27+,28-,30+/m0/s1. The number of aliphatic hydroxyl groups is 1. The van der Waals surface area contributed by atoms with Gasteiger partial charge in [0.2, 0.25) is 0 Å². The van der Waals surface area contributed by atoms with E-state index in [2.05, 4.69) is 13.0 Å². The van der Waals surface area contributed by atoms with Crippen molar-refractivity contribution in [1.29, 1.82) is 0 Å². The van der Waals surface area contributed by atoms with Gasteiger partial charge in [0.1, 0.15) is 18.5 Å². The lowest BCUT2D eigenvalue weighted by molar-refractivity contribution is -0.147. The Morgan fingerprint density at radius 3 is 2.58 bits per heavy atom. The number of carbonyl (C=O) groups excluding carboxylic acids is 2. The monoisotopic (exact) mass is 551 g/mol. The molecule has 1 N–H and O–H groups in total. The summed E-state index contributed by atoms with van der Waals surface area (Å²) in [6.07, 6.45) is 7.47. The van der Waals surface area contributed by atoms with Crippen LogP contribution in [0.5, 0.6) is 5.75 Å². The van der Waals surface area contributed by atoms with Crippen LogP contribution in [-0.4, -0.2) is 55.0 Å². The predicted octanol–water partition coefficient (Wildman–Crippen LogP) is 5.95. The van der Waals surface area contributed by atoms with Crippen LogP contribution in [0.2, 0.25) is 0 Å². The number of nitrogens with zero attached hydrogens (tertiary/aromatic N) is 1. The van der Waals surface area contributed by atoms with Gasteiger partial charge in [-0.3, -0.25) is 0 Å². The molecule has 0 bridgehead atoms. The van der Waals surface area contributed by atoms with Gasteiger partial charge < -0.3 is 24.2 Å². The molecule has 0 spiro atoms. The zero-order valence-electron chi connectivity index (χ0n) is 24.2. The summed E-state index contributed by atoms with van der Waals surface area (Å²) in [6, 6.07) is 15.6. The van der Waals surface area contributed by atoms with E-state index in [9.17, 15) is 14.7 Å². The molecule has 2 aromatic carbocycles. The van der Waals surface area contributed by atoms with Gasteiger partial charge in [-0.05, 0) is 85.5 Å². The quantitative estimate of drug-likeness (QED) is 0.245. The molecule has 5 atom stereocenters. The van der Waals surface area contributed by atoms with Crippen LogP contribution in [0.25, 0.3) is 0 Å². The van der Waals surface area contributed by atoms with Crippen LogP contribution in [0.4, 0.5) is 4.79 Å². The number of esters is 1. The topological polar surface area (TPSA) is 85.3 Å². The first kappa shape index (κ1) is 29.9. The molecule has 7 heteroatoms. The summed E-state index contributed by atoms with van der Waals surface area (Å²) in [5.74, 6) is 1.27. The van der Waals surface area contributed by atoms with Gasteiger partial charge in [0.05, 0.1) is 6.10 Å². The van der Waals surface area contributed by atoms with Crippen LogP contribution < -0.4 is 4.74 Å². The van der Waals surface area contributed by atoms with E-state index in [4.69, 9.17) is 14.2 Å². The van der Waals surface area contributed by atoms with Gasteiger partial charge in [0, 0.05) is 14.1 Å². The third-order valence-corrected chi connectivity index (χ3v) is 8.52. The molecule has 2 aliphatic carbocycles. The van der Waals surface area contributed by atoms with Crippen LogP contribution in [0.3, 0.4) is 0 Å². The summed E-state index contributed by atoms with van der Waals surface area (Å²) in [5, 5.41) is 11.1. The lowest BCUT2D eigenvalue weighted by Gasteiger charge is -2.33. The van der Waals surface area contributed by atoms with E-state index in [1.165, 1.54) is 10.5 Å². The summed E-state index contributed by atoms with van der Waals surface area (Å²) in [4.78, 5) is 26.1. The summed E-state index contributed by atoms with van der Waals surface area (Å²) in [7, 11) is 3.42. The third-order valence-electron chi connectivity index (χ3n) is 8.52. The van der Waals surface area contributed by atoms with Gasteiger partial charge in [-0.15, -0.1) is 0 Å². The predicted molar refractivity (Wildman–Crippen MR) is 154 cm³/mol. The Kier molecular flexibility index (Phi) is 10.9. The van der Waals surface area contributed by atoms with Crippen molar-refractivity contribution < 1.29 is 28.9 Å². The van der Waals surface area contributed by atoms with Crippen LogP contribution in [-0.2, 0) is 33.7 Å². The molecule has 1 amide bonds. The molecule has 0 aliphatic heterocycles. The zero-order valence-corrected chi connectivity index (χ0v) is 24.2. The number of benzene rings is 2. The minimum absolute atomic E-state index is 0.120. The first-order chi connectivity index (χ1) is 19.4. The normalized spacial score (nSPS) is 22.1. The van der Waals surface area contributed by atoms with Gasteiger partial charge >= 0.3 is 12.1 Å². The second-order valence-electron chi connectivity index (χ2n) is 11.6. The van der Waals surface area contributed by atoms with Gasteiger partial charge in [-0.2, -0.15) is 0 Å². The van der Waals surface area contributed by atoms with Gasteiger partial charge in [0.25, 0.3) is 0 Å². The number of rotatable bonds is 13. The molecule has 0 radical (unpaired) electrons. The van der Waals surface area contributed by atoms with E-state index in [1.54, 1.807) is 14.1 Å². The molecule has 218 valence electrons. The highest BCUT2D eigenvalue weighted by atomic mass is 16.6. The molecule has 7 nitrogen and oxygen atoms in total. The van der Waals surface area contributed by atoms with E-state index in [1.807, 2.05) is 42.5 Å². The van der Waals surface area contributed by atoms with Crippen LogP contribution in [0.15, 0.2) is 48.5 Å². The molecule has 0 aromatic heterocycles. The van der Waals surface area contributed by atoms with Crippen molar-refractivity contribution in [2.24, 2.45) is 17.8 Å².